The highest BCUT2D eigenvalue weighted by Crippen LogP contribution is 2.30. The number of aliphatic hydroxyl groups is 8. The Morgan fingerprint density at radius 2 is 1.05 bits per heavy atom. The van der Waals surface area contributed by atoms with Crippen molar-refractivity contribution in [1.29, 1.82) is 0 Å². The molecule has 12 atom stereocenters. The van der Waals surface area contributed by atoms with Gasteiger partial charge in [0, 0.05) is 6.42 Å². The second-order valence-electron chi connectivity index (χ2n) is 17.2. The van der Waals surface area contributed by atoms with E-state index in [-0.39, 0.29) is 18.9 Å². The quantitative estimate of drug-likeness (QED) is 0.0272. The van der Waals surface area contributed by atoms with Gasteiger partial charge in [-0.2, -0.15) is 0 Å². The minimum Gasteiger partial charge on any atom is -0.394 e. The number of unbranched alkanes of at least 4 members (excludes halogenated alkanes) is 17. The standard InChI is InChI=1S/C49H87NO13/c1-3-5-7-9-11-13-14-15-16-17-18-19-20-21-22-23-24-25-27-29-31-33-41(54)50-37(38(53)32-30-28-26-12-10-8-6-4-2)36-60-48-46(59)44(57)47(40(35-52)62-48)63-49-45(58)43(56)42(55)39(34-51)61-49/h14-15,17-18,20-21,30,32,37-40,42-49,51-53,55-59H,3-13,16,19,22-29,31,33-36H2,1-2H3,(H,50,54)/b15-14-,18-17-,21-20-,32-30+. The van der Waals surface area contributed by atoms with Crippen LogP contribution in [0.3, 0.4) is 0 Å². The molecule has 366 valence electrons. The molecular weight excluding hydrogens is 811 g/mol. The van der Waals surface area contributed by atoms with Gasteiger partial charge >= 0.3 is 0 Å². The van der Waals surface area contributed by atoms with E-state index in [0.717, 1.165) is 77.0 Å². The van der Waals surface area contributed by atoms with Crippen LogP contribution in [0.4, 0.5) is 0 Å². The normalized spacial score (nSPS) is 27.9. The van der Waals surface area contributed by atoms with Crippen molar-refractivity contribution >= 4 is 5.91 Å². The highest BCUT2D eigenvalue weighted by atomic mass is 16.7. The molecule has 0 aromatic heterocycles. The van der Waals surface area contributed by atoms with E-state index in [1.165, 1.54) is 57.8 Å². The number of allylic oxidation sites excluding steroid dienone is 7. The lowest BCUT2D eigenvalue weighted by Gasteiger charge is -2.46. The summed E-state index contributed by atoms with van der Waals surface area (Å²) in [5.41, 5.74) is 0. The number of nitrogens with one attached hydrogen (secondary N) is 1. The Labute approximate surface area is 378 Å². The van der Waals surface area contributed by atoms with Crippen molar-refractivity contribution in [2.75, 3.05) is 19.8 Å². The lowest BCUT2D eigenvalue weighted by atomic mass is 9.97. The number of ether oxygens (including phenoxy) is 4. The molecule has 0 radical (unpaired) electrons. The van der Waals surface area contributed by atoms with Gasteiger partial charge in [-0.05, 0) is 57.8 Å². The minimum absolute atomic E-state index is 0.258. The maximum Gasteiger partial charge on any atom is 0.220 e. The van der Waals surface area contributed by atoms with Crippen molar-refractivity contribution in [1.82, 2.24) is 5.32 Å². The summed E-state index contributed by atoms with van der Waals surface area (Å²) in [6, 6.07) is -0.919. The van der Waals surface area contributed by atoms with Gasteiger partial charge in [-0.25, -0.2) is 0 Å². The maximum absolute atomic E-state index is 13.1. The third-order valence-electron chi connectivity index (χ3n) is 11.8. The summed E-state index contributed by atoms with van der Waals surface area (Å²) in [7, 11) is 0. The molecule has 0 saturated carbocycles. The molecule has 12 unspecified atom stereocenters. The zero-order chi connectivity index (χ0) is 46.1. The Morgan fingerprint density at radius 3 is 1.60 bits per heavy atom. The van der Waals surface area contributed by atoms with E-state index < -0.39 is 86.8 Å². The summed E-state index contributed by atoms with van der Waals surface area (Å²) < 4.78 is 22.6. The van der Waals surface area contributed by atoms with Gasteiger partial charge in [0.05, 0.1) is 32.0 Å². The largest absolute Gasteiger partial charge is 0.394 e. The van der Waals surface area contributed by atoms with Crippen molar-refractivity contribution in [3.05, 3.63) is 48.6 Å². The molecule has 14 heteroatoms. The van der Waals surface area contributed by atoms with Gasteiger partial charge in [0.25, 0.3) is 0 Å². The highest BCUT2D eigenvalue weighted by Gasteiger charge is 2.51. The van der Waals surface area contributed by atoms with Crippen LogP contribution in [0.5, 0.6) is 0 Å². The van der Waals surface area contributed by atoms with Crippen LogP contribution in [0.25, 0.3) is 0 Å². The minimum atomic E-state index is -1.79. The van der Waals surface area contributed by atoms with E-state index >= 15 is 0 Å². The van der Waals surface area contributed by atoms with Crippen molar-refractivity contribution < 1.29 is 64.6 Å². The molecule has 1 amide bonds. The molecule has 0 aromatic rings. The highest BCUT2D eigenvalue weighted by molar-refractivity contribution is 5.76. The van der Waals surface area contributed by atoms with Gasteiger partial charge in [0.15, 0.2) is 12.6 Å². The van der Waals surface area contributed by atoms with Gasteiger partial charge in [-0.15, -0.1) is 0 Å². The monoisotopic (exact) mass is 898 g/mol. The maximum atomic E-state index is 13.1. The summed E-state index contributed by atoms with van der Waals surface area (Å²) in [6.07, 6.45) is 24.6. The van der Waals surface area contributed by atoms with Crippen molar-refractivity contribution in [3.8, 4) is 0 Å². The molecule has 63 heavy (non-hydrogen) atoms. The predicted molar refractivity (Wildman–Crippen MR) is 244 cm³/mol. The van der Waals surface area contributed by atoms with E-state index in [0.29, 0.717) is 6.42 Å². The average Bonchev–Trinajstić information content (AvgIpc) is 3.28. The molecule has 2 aliphatic heterocycles. The van der Waals surface area contributed by atoms with E-state index in [4.69, 9.17) is 18.9 Å². The molecule has 0 bridgehead atoms. The number of aliphatic hydroxyl groups excluding tert-OH is 8. The average molecular weight is 898 g/mol. The van der Waals surface area contributed by atoms with Crippen LogP contribution in [-0.4, -0.2) is 140 Å². The van der Waals surface area contributed by atoms with Gasteiger partial charge < -0.3 is 65.1 Å². The Morgan fingerprint density at radius 1 is 0.571 bits per heavy atom. The molecule has 2 aliphatic rings. The summed E-state index contributed by atoms with van der Waals surface area (Å²) in [4.78, 5) is 13.1. The number of carbonyl (C=O) groups excluding carboxylic acids is 1. The van der Waals surface area contributed by atoms with Crippen LogP contribution in [-0.2, 0) is 23.7 Å². The molecular formula is C49H87NO13. The lowest BCUT2D eigenvalue weighted by Crippen LogP contribution is -2.65. The summed E-state index contributed by atoms with van der Waals surface area (Å²) in [5.74, 6) is -0.258. The Kier molecular flexibility index (Phi) is 32.7. The predicted octanol–water partition coefficient (Wildman–Crippen LogP) is 5.71. The van der Waals surface area contributed by atoms with E-state index in [9.17, 15) is 45.6 Å². The number of carbonyl (C=O) groups is 1. The molecule has 2 heterocycles. The van der Waals surface area contributed by atoms with Crippen molar-refractivity contribution in [2.45, 2.75) is 235 Å². The number of amides is 1. The third kappa shape index (κ3) is 23.8. The van der Waals surface area contributed by atoms with Crippen molar-refractivity contribution in [2.24, 2.45) is 0 Å². The third-order valence-corrected chi connectivity index (χ3v) is 11.8. The number of rotatable bonds is 36. The van der Waals surface area contributed by atoms with Crippen LogP contribution < -0.4 is 5.32 Å². The fraction of sp³-hybridized carbons (Fsp3) is 0.816. The summed E-state index contributed by atoms with van der Waals surface area (Å²) in [6.45, 7) is 2.69. The van der Waals surface area contributed by atoms with Crippen LogP contribution in [0.15, 0.2) is 48.6 Å². The van der Waals surface area contributed by atoms with E-state index in [1.54, 1.807) is 6.08 Å². The second kappa shape index (κ2) is 36.1. The van der Waals surface area contributed by atoms with Gasteiger partial charge in [-0.1, -0.05) is 146 Å². The smallest absolute Gasteiger partial charge is 0.220 e. The molecule has 2 fully saturated rings. The van der Waals surface area contributed by atoms with E-state index in [2.05, 4.69) is 55.6 Å². The van der Waals surface area contributed by atoms with Crippen LogP contribution in [0, 0.1) is 0 Å². The molecule has 2 saturated heterocycles. The molecule has 2 rings (SSSR count). The van der Waals surface area contributed by atoms with Gasteiger partial charge in [0.2, 0.25) is 5.91 Å². The topological polar surface area (TPSA) is 228 Å². The molecule has 14 nitrogen and oxygen atoms in total. The zero-order valence-electron chi connectivity index (χ0n) is 38.6. The van der Waals surface area contributed by atoms with E-state index in [1.807, 2.05) is 6.08 Å². The SMILES string of the molecule is CCCCCCC/C=C\C/C=C\C/C=C\CCCCCCCCC(=O)NC(COC1OC(CO)C(OC2OC(CO)C(O)C(O)C2O)C(O)C1O)C(O)/C=C/CCCCCCCC. The van der Waals surface area contributed by atoms with Crippen molar-refractivity contribution in [3.63, 3.8) is 0 Å². The Bertz CT molecular complexity index is 1250. The Balaban J connectivity index is 1.80. The Hall–Kier alpha value is -2.05. The van der Waals surface area contributed by atoms with Crippen LogP contribution in [0.1, 0.15) is 162 Å². The van der Waals surface area contributed by atoms with Gasteiger partial charge in [-0.3, -0.25) is 4.79 Å². The summed E-state index contributed by atoms with van der Waals surface area (Å²) in [5, 5.41) is 86.4. The second-order valence-corrected chi connectivity index (χ2v) is 17.2. The molecule has 0 aliphatic carbocycles. The fourth-order valence-electron chi connectivity index (χ4n) is 7.71. The summed E-state index contributed by atoms with van der Waals surface area (Å²) >= 11 is 0. The first-order chi connectivity index (χ1) is 30.6. The molecule has 0 spiro atoms. The molecule has 0 aromatic carbocycles. The number of hydrogen-bond acceptors (Lipinski definition) is 13. The van der Waals surface area contributed by atoms with Gasteiger partial charge in [0.1, 0.15) is 48.8 Å². The lowest BCUT2D eigenvalue weighted by molar-refractivity contribution is -0.359. The first kappa shape index (κ1) is 57.1. The van der Waals surface area contributed by atoms with Crippen LogP contribution in [0.2, 0.25) is 0 Å². The van der Waals surface area contributed by atoms with Crippen LogP contribution >= 0.6 is 0 Å². The fourth-order valence-corrected chi connectivity index (χ4v) is 7.71. The number of hydrogen-bond donors (Lipinski definition) is 9. The first-order valence-corrected chi connectivity index (χ1v) is 24.4. The molecule has 9 N–H and O–H groups in total. The zero-order valence-corrected chi connectivity index (χ0v) is 38.6. The first-order valence-electron chi connectivity index (χ1n) is 24.4.